The number of rotatable bonds is 7. The van der Waals surface area contributed by atoms with E-state index in [0.29, 0.717) is 5.75 Å². The lowest BCUT2D eigenvalue weighted by atomic mass is 10.3. The molecule has 3 rings (SSSR count). The van der Waals surface area contributed by atoms with E-state index < -0.39 is 6.10 Å². The Morgan fingerprint density at radius 3 is 2.96 bits per heavy atom. The molecular formula is C16H18N2O3S2. The summed E-state index contributed by atoms with van der Waals surface area (Å²) in [6, 6.07) is 8.23. The highest BCUT2D eigenvalue weighted by molar-refractivity contribution is 8.01. The number of hydrogen-bond donors (Lipinski definition) is 1. The van der Waals surface area contributed by atoms with Crippen molar-refractivity contribution in [1.82, 2.24) is 10.3 Å². The van der Waals surface area contributed by atoms with Crippen LogP contribution in [-0.4, -0.2) is 34.8 Å². The van der Waals surface area contributed by atoms with E-state index in [1.54, 1.807) is 18.3 Å². The minimum Gasteiger partial charge on any atom is -0.453 e. The summed E-state index contributed by atoms with van der Waals surface area (Å²) < 4.78 is 7.24. The summed E-state index contributed by atoms with van der Waals surface area (Å²) in [6.45, 7) is 1.61. The maximum atomic E-state index is 11.8. The van der Waals surface area contributed by atoms with Crippen molar-refractivity contribution >= 4 is 45.2 Å². The van der Waals surface area contributed by atoms with E-state index in [1.807, 2.05) is 24.3 Å². The molecule has 1 aromatic heterocycles. The molecule has 1 aromatic carbocycles. The van der Waals surface area contributed by atoms with Crippen molar-refractivity contribution in [1.29, 1.82) is 0 Å². The highest BCUT2D eigenvalue weighted by Gasteiger charge is 2.27. The third kappa shape index (κ3) is 4.68. The molecule has 1 N–H and O–H groups in total. The van der Waals surface area contributed by atoms with Crippen LogP contribution in [0.4, 0.5) is 0 Å². The number of carbonyl (C=O) groups excluding carboxylic acids is 2. The number of benzene rings is 1. The standard InChI is InChI=1S/C16H18N2O3S2/c1-10(15(20)17-11-6-7-11)21-14(19)8-9-22-16-18-12-4-2-3-5-13(12)23-16/h2-5,10-11H,6-9H2,1H3,(H,17,20)/t10-/m0/s1. The van der Waals surface area contributed by atoms with Crippen LogP contribution < -0.4 is 5.32 Å². The van der Waals surface area contributed by atoms with Gasteiger partial charge < -0.3 is 10.1 Å². The second kappa shape index (κ2) is 7.31. The van der Waals surface area contributed by atoms with Crippen LogP contribution in [0.1, 0.15) is 26.2 Å². The van der Waals surface area contributed by atoms with Gasteiger partial charge in [0.25, 0.3) is 5.91 Å². The van der Waals surface area contributed by atoms with Crippen molar-refractivity contribution in [3.63, 3.8) is 0 Å². The topological polar surface area (TPSA) is 68.3 Å². The SMILES string of the molecule is C[C@H](OC(=O)CCSc1nc2ccccc2s1)C(=O)NC1CC1. The number of thiazole rings is 1. The lowest BCUT2D eigenvalue weighted by Crippen LogP contribution is -2.37. The molecular weight excluding hydrogens is 332 g/mol. The van der Waals surface area contributed by atoms with E-state index in [0.717, 1.165) is 27.4 Å². The average Bonchev–Trinajstić information content (AvgIpc) is 3.23. The molecule has 1 aliphatic rings. The zero-order valence-electron chi connectivity index (χ0n) is 12.8. The highest BCUT2D eigenvalue weighted by Crippen LogP contribution is 2.29. The molecule has 2 aromatic rings. The molecule has 1 fully saturated rings. The van der Waals surface area contributed by atoms with E-state index >= 15 is 0 Å². The Morgan fingerprint density at radius 2 is 2.22 bits per heavy atom. The lowest BCUT2D eigenvalue weighted by molar-refractivity contribution is -0.154. The predicted molar refractivity (Wildman–Crippen MR) is 91.7 cm³/mol. The van der Waals surface area contributed by atoms with Crippen LogP contribution in [0.3, 0.4) is 0 Å². The molecule has 1 heterocycles. The first kappa shape index (κ1) is 16.3. The molecule has 5 nitrogen and oxygen atoms in total. The van der Waals surface area contributed by atoms with Crippen LogP contribution in [0.15, 0.2) is 28.6 Å². The molecule has 1 saturated carbocycles. The minimum atomic E-state index is -0.726. The maximum Gasteiger partial charge on any atom is 0.307 e. The van der Waals surface area contributed by atoms with Gasteiger partial charge in [-0.1, -0.05) is 23.9 Å². The van der Waals surface area contributed by atoms with E-state index in [4.69, 9.17) is 4.74 Å². The number of ether oxygens (including phenoxy) is 1. The fourth-order valence-corrected chi connectivity index (χ4v) is 4.05. The van der Waals surface area contributed by atoms with Gasteiger partial charge in [-0.25, -0.2) is 4.98 Å². The van der Waals surface area contributed by atoms with Gasteiger partial charge in [0.05, 0.1) is 16.6 Å². The third-order valence-electron chi connectivity index (χ3n) is 3.41. The van der Waals surface area contributed by atoms with Gasteiger partial charge in [-0.05, 0) is 31.9 Å². The summed E-state index contributed by atoms with van der Waals surface area (Å²) in [4.78, 5) is 28.0. The van der Waals surface area contributed by atoms with Crippen molar-refractivity contribution in [3.05, 3.63) is 24.3 Å². The summed E-state index contributed by atoms with van der Waals surface area (Å²) in [5, 5.41) is 2.83. The number of nitrogens with one attached hydrogen (secondary N) is 1. The molecule has 1 amide bonds. The van der Waals surface area contributed by atoms with Crippen LogP contribution in [0.2, 0.25) is 0 Å². The van der Waals surface area contributed by atoms with Gasteiger partial charge in [-0.2, -0.15) is 0 Å². The number of nitrogens with zero attached hydrogens (tertiary/aromatic N) is 1. The van der Waals surface area contributed by atoms with E-state index in [-0.39, 0.29) is 24.3 Å². The molecule has 1 aliphatic carbocycles. The summed E-state index contributed by atoms with van der Waals surface area (Å²) in [6.07, 6.45) is 1.58. The summed E-state index contributed by atoms with van der Waals surface area (Å²) in [5.74, 6) is 0.0343. The van der Waals surface area contributed by atoms with Gasteiger partial charge in [0.1, 0.15) is 0 Å². The van der Waals surface area contributed by atoms with E-state index in [9.17, 15) is 9.59 Å². The molecule has 0 bridgehead atoms. The molecule has 23 heavy (non-hydrogen) atoms. The first-order chi connectivity index (χ1) is 11.1. The molecule has 7 heteroatoms. The number of aromatic nitrogens is 1. The molecule has 0 aliphatic heterocycles. The first-order valence-electron chi connectivity index (χ1n) is 7.60. The number of thioether (sulfide) groups is 1. The monoisotopic (exact) mass is 350 g/mol. The van der Waals surface area contributed by atoms with Crippen LogP contribution in [0, 0.1) is 0 Å². The number of esters is 1. The highest BCUT2D eigenvalue weighted by atomic mass is 32.2. The Morgan fingerprint density at radius 1 is 1.43 bits per heavy atom. The van der Waals surface area contributed by atoms with Gasteiger partial charge >= 0.3 is 5.97 Å². The fraction of sp³-hybridized carbons (Fsp3) is 0.438. The molecule has 0 spiro atoms. The zero-order valence-corrected chi connectivity index (χ0v) is 14.4. The van der Waals surface area contributed by atoms with Crippen LogP contribution in [0.25, 0.3) is 10.2 Å². The van der Waals surface area contributed by atoms with Crippen molar-refractivity contribution < 1.29 is 14.3 Å². The molecule has 0 saturated heterocycles. The van der Waals surface area contributed by atoms with Crippen molar-refractivity contribution in [3.8, 4) is 0 Å². The van der Waals surface area contributed by atoms with Gasteiger partial charge in [0.15, 0.2) is 10.4 Å². The number of para-hydroxylation sites is 1. The van der Waals surface area contributed by atoms with E-state index in [2.05, 4.69) is 10.3 Å². The fourth-order valence-electron chi connectivity index (χ4n) is 1.99. The first-order valence-corrected chi connectivity index (χ1v) is 9.40. The summed E-state index contributed by atoms with van der Waals surface area (Å²) in [5.41, 5.74) is 0.980. The number of hydrogen-bond acceptors (Lipinski definition) is 6. The van der Waals surface area contributed by atoms with Crippen LogP contribution in [0.5, 0.6) is 0 Å². The molecule has 0 radical (unpaired) electrons. The summed E-state index contributed by atoms with van der Waals surface area (Å²) in [7, 11) is 0. The number of carbonyl (C=O) groups is 2. The smallest absolute Gasteiger partial charge is 0.307 e. The largest absolute Gasteiger partial charge is 0.453 e. The van der Waals surface area contributed by atoms with Crippen LogP contribution >= 0.6 is 23.1 Å². The van der Waals surface area contributed by atoms with Crippen molar-refractivity contribution in [2.24, 2.45) is 0 Å². The van der Waals surface area contributed by atoms with Gasteiger partial charge in [0, 0.05) is 11.8 Å². The van der Waals surface area contributed by atoms with Crippen molar-refractivity contribution in [2.45, 2.75) is 42.7 Å². The predicted octanol–water partition coefficient (Wildman–Crippen LogP) is 2.99. The van der Waals surface area contributed by atoms with Crippen molar-refractivity contribution in [2.75, 3.05) is 5.75 Å². The second-order valence-electron chi connectivity index (χ2n) is 5.46. The van der Waals surface area contributed by atoms with Gasteiger partial charge in [-0.15, -0.1) is 11.3 Å². The van der Waals surface area contributed by atoms with E-state index in [1.165, 1.54) is 11.8 Å². The Bertz CT molecular complexity index is 679. The maximum absolute atomic E-state index is 11.8. The number of fused-ring (bicyclic) bond motifs is 1. The lowest BCUT2D eigenvalue weighted by Gasteiger charge is -2.12. The summed E-state index contributed by atoms with van der Waals surface area (Å²) >= 11 is 3.15. The number of amides is 1. The second-order valence-corrected chi connectivity index (χ2v) is 7.83. The molecule has 122 valence electrons. The third-order valence-corrected chi connectivity index (χ3v) is 5.59. The minimum absolute atomic E-state index is 0.209. The molecule has 0 unspecified atom stereocenters. The Kier molecular flexibility index (Phi) is 5.17. The Hall–Kier alpha value is -1.60. The Balaban J connectivity index is 1.40. The van der Waals surface area contributed by atoms with Gasteiger partial charge in [0.2, 0.25) is 0 Å². The quantitative estimate of drug-likeness (QED) is 0.614. The zero-order chi connectivity index (χ0) is 16.2. The Labute approximate surface area is 142 Å². The van der Waals surface area contributed by atoms with Gasteiger partial charge in [-0.3, -0.25) is 9.59 Å². The average molecular weight is 350 g/mol. The van der Waals surface area contributed by atoms with Crippen LogP contribution in [-0.2, 0) is 14.3 Å². The molecule has 1 atom stereocenters. The normalized spacial score (nSPS) is 15.3.